The van der Waals surface area contributed by atoms with Crippen LogP contribution in [0.15, 0.2) is 0 Å². The fourth-order valence-corrected chi connectivity index (χ4v) is 1.82. The number of carbonyl (C=O) groups is 2. The van der Waals surface area contributed by atoms with Crippen LogP contribution < -0.4 is 0 Å². The van der Waals surface area contributed by atoms with Crippen molar-refractivity contribution in [2.24, 2.45) is 0 Å². The quantitative estimate of drug-likeness (QED) is 0.402. The van der Waals surface area contributed by atoms with E-state index in [9.17, 15) is 9.59 Å². The van der Waals surface area contributed by atoms with Gasteiger partial charge in [0.2, 0.25) is 0 Å². The summed E-state index contributed by atoms with van der Waals surface area (Å²) in [5.74, 6) is -0.403. The molecule has 118 valence electrons. The van der Waals surface area contributed by atoms with Crippen LogP contribution in [0, 0.1) is 0 Å². The Bertz CT molecular complexity index is 263. The van der Waals surface area contributed by atoms with Gasteiger partial charge in [-0.1, -0.05) is 46.0 Å². The lowest BCUT2D eigenvalue weighted by atomic mass is 10.1. The number of hydrogen-bond donors (Lipinski definition) is 0. The van der Waals surface area contributed by atoms with Crippen molar-refractivity contribution >= 4 is 11.9 Å². The summed E-state index contributed by atoms with van der Waals surface area (Å²) in [5, 5.41) is 0. The number of carbonyl (C=O) groups excluding carboxylic acids is 2. The second kappa shape index (κ2) is 12.9. The van der Waals surface area contributed by atoms with E-state index in [2.05, 4.69) is 13.8 Å². The van der Waals surface area contributed by atoms with Gasteiger partial charge < -0.3 is 9.47 Å². The van der Waals surface area contributed by atoms with E-state index < -0.39 is 0 Å². The van der Waals surface area contributed by atoms with Gasteiger partial charge >= 0.3 is 11.9 Å². The second-order valence-electron chi connectivity index (χ2n) is 5.25. The second-order valence-corrected chi connectivity index (χ2v) is 5.25. The third-order valence-corrected chi connectivity index (χ3v) is 3.03. The number of hydrogen-bond acceptors (Lipinski definition) is 4. The van der Waals surface area contributed by atoms with Gasteiger partial charge in [-0.25, -0.2) is 0 Å². The summed E-state index contributed by atoms with van der Waals surface area (Å²) in [4.78, 5) is 22.9. The molecule has 0 aromatic rings. The molecule has 4 nitrogen and oxygen atoms in total. The normalized spacial score (nSPS) is 11.9. The van der Waals surface area contributed by atoms with Crippen molar-refractivity contribution in [1.82, 2.24) is 0 Å². The molecule has 0 fully saturated rings. The molecule has 0 aromatic carbocycles. The van der Waals surface area contributed by atoms with Crippen LogP contribution >= 0.6 is 0 Å². The summed E-state index contributed by atoms with van der Waals surface area (Å²) in [6.07, 6.45) is 7.77. The minimum atomic E-state index is -0.358. The highest BCUT2D eigenvalue weighted by Crippen LogP contribution is 2.06. The highest BCUT2D eigenvalue weighted by Gasteiger charge is 2.11. The van der Waals surface area contributed by atoms with Gasteiger partial charge in [-0.2, -0.15) is 0 Å². The maximum atomic E-state index is 11.5. The highest BCUT2D eigenvalue weighted by molar-refractivity contribution is 5.70. The molecule has 0 rings (SSSR count). The lowest BCUT2D eigenvalue weighted by Crippen LogP contribution is -2.22. The average molecular weight is 286 g/mol. The zero-order valence-electron chi connectivity index (χ0n) is 13.3. The van der Waals surface area contributed by atoms with Crippen molar-refractivity contribution in [3.05, 3.63) is 0 Å². The Morgan fingerprint density at radius 3 is 2.05 bits per heavy atom. The predicted molar refractivity (Wildman–Crippen MR) is 79.4 cm³/mol. The van der Waals surface area contributed by atoms with Crippen LogP contribution in [0.4, 0.5) is 0 Å². The van der Waals surface area contributed by atoms with Gasteiger partial charge in [-0.15, -0.1) is 0 Å². The van der Waals surface area contributed by atoms with Crippen molar-refractivity contribution < 1.29 is 19.1 Å². The molecule has 0 aliphatic heterocycles. The number of unbranched alkanes of at least 4 members (excludes halogenated alkanes) is 5. The fraction of sp³-hybridized carbons (Fsp3) is 0.875. The zero-order chi connectivity index (χ0) is 15.2. The SMILES string of the molecule is CCCCCCC(=O)O[C@@H](C)COC(=O)CCCCC. The molecule has 0 saturated heterocycles. The van der Waals surface area contributed by atoms with Gasteiger partial charge in [0.25, 0.3) is 0 Å². The molecular formula is C16H30O4. The predicted octanol–water partition coefficient (Wildman–Crippen LogP) is 4.01. The topological polar surface area (TPSA) is 52.6 Å². The Balaban J connectivity index is 3.58. The molecule has 0 heterocycles. The third kappa shape index (κ3) is 12.0. The summed E-state index contributed by atoms with van der Waals surface area (Å²) in [7, 11) is 0. The van der Waals surface area contributed by atoms with E-state index in [-0.39, 0.29) is 24.6 Å². The minimum Gasteiger partial charge on any atom is -0.462 e. The highest BCUT2D eigenvalue weighted by atomic mass is 16.6. The van der Waals surface area contributed by atoms with E-state index in [1.54, 1.807) is 6.92 Å². The van der Waals surface area contributed by atoms with Crippen LogP contribution in [-0.4, -0.2) is 24.6 Å². The van der Waals surface area contributed by atoms with Gasteiger partial charge in [0.1, 0.15) is 12.7 Å². The first kappa shape index (κ1) is 18.9. The lowest BCUT2D eigenvalue weighted by molar-refractivity contribution is -0.158. The van der Waals surface area contributed by atoms with Crippen molar-refractivity contribution in [3.8, 4) is 0 Å². The summed E-state index contributed by atoms with van der Waals surface area (Å²) < 4.78 is 10.3. The molecule has 0 aromatic heterocycles. The van der Waals surface area contributed by atoms with E-state index in [1.165, 1.54) is 0 Å². The summed E-state index contributed by atoms with van der Waals surface area (Å²) in [6, 6.07) is 0. The van der Waals surface area contributed by atoms with E-state index in [1.807, 2.05) is 0 Å². The molecule has 0 aliphatic carbocycles. The molecule has 0 unspecified atom stereocenters. The zero-order valence-corrected chi connectivity index (χ0v) is 13.3. The Hall–Kier alpha value is -1.06. The smallest absolute Gasteiger partial charge is 0.306 e. The lowest BCUT2D eigenvalue weighted by Gasteiger charge is -2.13. The van der Waals surface area contributed by atoms with Crippen LogP contribution in [0.25, 0.3) is 0 Å². The Kier molecular flexibility index (Phi) is 12.3. The van der Waals surface area contributed by atoms with Crippen molar-refractivity contribution in [3.63, 3.8) is 0 Å². The maximum Gasteiger partial charge on any atom is 0.306 e. The van der Waals surface area contributed by atoms with Gasteiger partial charge in [-0.3, -0.25) is 9.59 Å². The maximum absolute atomic E-state index is 11.5. The molecule has 0 saturated carbocycles. The minimum absolute atomic E-state index is 0.158. The third-order valence-electron chi connectivity index (χ3n) is 3.03. The Morgan fingerprint density at radius 2 is 1.40 bits per heavy atom. The molecule has 0 N–H and O–H groups in total. The Morgan fingerprint density at radius 1 is 0.850 bits per heavy atom. The van der Waals surface area contributed by atoms with Crippen molar-refractivity contribution in [2.45, 2.75) is 84.7 Å². The standard InChI is InChI=1S/C16H30O4/c1-4-6-8-10-12-16(18)20-14(3)13-19-15(17)11-9-7-5-2/h14H,4-13H2,1-3H3/t14-/m0/s1. The first-order chi connectivity index (χ1) is 9.60. The summed E-state index contributed by atoms with van der Waals surface area (Å²) in [5.41, 5.74) is 0. The monoisotopic (exact) mass is 286 g/mol. The number of esters is 2. The fourth-order valence-electron chi connectivity index (χ4n) is 1.82. The molecule has 0 bridgehead atoms. The first-order valence-electron chi connectivity index (χ1n) is 7.95. The van der Waals surface area contributed by atoms with Crippen LogP contribution in [0.3, 0.4) is 0 Å². The van der Waals surface area contributed by atoms with E-state index in [4.69, 9.17) is 9.47 Å². The molecule has 20 heavy (non-hydrogen) atoms. The molecule has 4 heteroatoms. The van der Waals surface area contributed by atoms with Crippen LogP contribution in [-0.2, 0) is 19.1 Å². The van der Waals surface area contributed by atoms with Crippen LogP contribution in [0.1, 0.15) is 78.6 Å². The molecule has 0 spiro atoms. The Labute approximate surface area is 123 Å². The van der Waals surface area contributed by atoms with E-state index in [0.717, 1.165) is 44.9 Å². The van der Waals surface area contributed by atoms with Crippen molar-refractivity contribution in [2.75, 3.05) is 6.61 Å². The summed E-state index contributed by atoms with van der Waals surface area (Å²) >= 11 is 0. The van der Waals surface area contributed by atoms with Gasteiger partial charge in [0, 0.05) is 12.8 Å². The number of rotatable bonds is 12. The average Bonchev–Trinajstić information content (AvgIpc) is 2.42. The molecule has 0 amide bonds. The summed E-state index contributed by atoms with van der Waals surface area (Å²) in [6.45, 7) is 6.14. The molecular weight excluding hydrogens is 256 g/mol. The van der Waals surface area contributed by atoms with Crippen LogP contribution in [0.5, 0.6) is 0 Å². The van der Waals surface area contributed by atoms with Gasteiger partial charge in [0.05, 0.1) is 0 Å². The molecule has 1 atom stereocenters. The van der Waals surface area contributed by atoms with Crippen molar-refractivity contribution in [1.29, 1.82) is 0 Å². The largest absolute Gasteiger partial charge is 0.462 e. The van der Waals surface area contributed by atoms with E-state index in [0.29, 0.717) is 12.8 Å². The van der Waals surface area contributed by atoms with Gasteiger partial charge in [0.15, 0.2) is 0 Å². The number of ether oxygens (including phenoxy) is 2. The molecule has 0 radical (unpaired) electrons. The van der Waals surface area contributed by atoms with Crippen LogP contribution in [0.2, 0.25) is 0 Å². The first-order valence-corrected chi connectivity index (χ1v) is 7.95. The molecule has 0 aliphatic rings. The van der Waals surface area contributed by atoms with Gasteiger partial charge in [-0.05, 0) is 19.8 Å². The van der Waals surface area contributed by atoms with E-state index >= 15 is 0 Å².